The summed E-state index contributed by atoms with van der Waals surface area (Å²) in [6, 6.07) is 9.21. The van der Waals surface area contributed by atoms with Gasteiger partial charge in [-0.2, -0.15) is 0 Å². The van der Waals surface area contributed by atoms with Gasteiger partial charge in [0.25, 0.3) is 5.91 Å². The van der Waals surface area contributed by atoms with Crippen LogP contribution in [0.3, 0.4) is 0 Å². The zero-order chi connectivity index (χ0) is 12.1. The Bertz CT molecular complexity index is 493. The molecule has 0 spiro atoms. The monoisotopic (exact) mass is 231 g/mol. The summed E-state index contributed by atoms with van der Waals surface area (Å²) in [5.41, 5.74) is 1.01. The fraction of sp³-hybridized carbons (Fsp3) is 0.167. The number of benzene rings is 1. The number of nitrogens with one attached hydrogen (secondary N) is 2. The van der Waals surface area contributed by atoms with Crippen LogP contribution in [0, 0.1) is 0 Å². The van der Waals surface area contributed by atoms with Gasteiger partial charge < -0.3 is 15.1 Å². The number of nitrogens with zero attached hydrogens (tertiary/aromatic N) is 1. The molecule has 2 aromatic rings. The van der Waals surface area contributed by atoms with E-state index in [-0.39, 0.29) is 11.6 Å². The maximum Gasteiger partial charge on any atom is 0.277 e. The van der Waals surface area contributed by atoms with E-state index < -0.39 is 0 Å². The van der Waals surface area contributed by atoms with E-state index in [2.05, 4.69) is 15.6 Å². The van der Waals surface area contributed by atoms with Crippen molar-refractivity contribution in [2.45, 2.75) is 6.54 Å². The Hall–Kier alpha value is -2.14. The Labute approximate surface area is 98.9 Å². The van der Waals surface area contributed by atoms with Crippen molar-refractivity contribution in [2.75, 3.05) is 12.4 Å². The molecule has 1 aromatic heterocycles. The minimum atomic E-state index is -0.276. The summed E-state index contributed by atoms with van der Waals surface area (Å²) in [6.07, 6.45) is 1.35. The lowest BCUT2D eigenvalue weighted by Gasteiger charge is -2.01. The van der Waals surface area contributed by atoms with Gasteiger partial charge in [-0.25, -0.2) is 4.98 Å². The molecule has 0 fully saturated rings. The number of amides is 1. The van der Waals surface area contributed by atoms with Gasteiger partial charge in [0, 0.05) is 5.69 Å². The fourth-order valence-corrected chi connectivity index (χ4v) is 1.36. The van der Waals surface area contributed by atoms with E-state index in [0.29, 0.717) is 12.4 Å². The van der Waals surface area contributed by atoms with Crippen LogP contribution in [0.2, 0.25) is 0 Å². The molecule has 0 aliphatic heterocycles. The first kappa shape index (κ1) is 11.3. The smallest absolute Gasteiger partial charge is 0.277 e. The Balaban J connectivity index is 2.04. The van der Waals surface area contributed by atoms with Gasteiger partial charge in [0.05, 0.1) is 6.54 Å². The maximum absolute atomic E-state index is 11.8. The van der Waals surface area contributed by atoms with Crippen molar-refractivity contribution in [3.8, 4) is 0 Å². The first-order chi connectivity index (χ1) is 8.29. The first-order valence-electron chi connectivity index (χ1n) is 5.25. The van der Waals surface area contributed by atoms with Gasteiger partial charge in [0.1, 0.15) is 6.26 Å². The van der Waals surface area contributed by atoms with Crippen LogP contribution in [-0.2, 0) is 6.54 Å². The average Bonchev–Trinajstić information content (AvgIpc) is 2.79. The average molecular weight is 231 g/mol. The lowest BCUT2D eigenvalue weighted by molar-refractivity contribution is 0.102. The molecule has 0 radical (unpaired) electrons. The lowest BCUT2D eigenvalue weighted by atomic mass is 10.3. The zero-order valence-corrected chi connectivity index (χ0v) is 9.43. The summed E-state index contributed by atoms with van der Waals surface area (Å²) < 4.78 is 5.13. The van der Waals surface area contributed by atoms with E-state index in [1.54, 1.807) is 7.05 Å². The van der Waals surface area contributed by atoms with E-state index in [0.717, 1.165) is 5.69 Å². The van der Waals surface area contributed by atoms with Crippen LogP contribution in [0.25, 0.3) is 0 Å². The number of carbonyl (C=O) groups excluding carboxylic acids is 1. The number of hydrogen-bond donors (Lipinski definition) is 2. The molecule has 1 heterocycles. The van der Waals surface area contributed by atoms with Crippen molar-refractivity contribution in [2.24, 2.45) is 0 Å². The second-order valence-corrected chi connectivity index (χ2v) is 3.48. The summed E-state index contributed by atoms with van der Waals surface area (Å²) in [7, 11) is 1.79. The molecular weight excluding hydrogens is 218 g/mol. The van der Waals surface area contributed by atoms with Crippen LogP contribution in [-0.4, -0.2) is 17.9 Å². The quantitative estimate of drug-likeness (QED) is 0.839. The Morgan fingerprint density at radius 1 is 1.35 bits per heavy atom. The number of rotatable bonds is 4. The molecule has 0 saturated heterocycles. The van der Waals surface area contributed by atoms with Gasteiger partial charge in [0.15, 0.2) is 5.69 Å². The second-order valence-electron chi connectivity index (χ2n) is 3.48. The highest BCUT2D eigenvalue weighted by molar-refractivity contribution is 6.02. The van der Waals surface area contributed by atoms with E-state index >= 15 is 0 Å². The summed E-state index contributed by atoms with van der Waals surface area (Å²) in [4.78, 5) is 15.8. The zero-order valence-electron chi connectivity index (χ0n) is 9.43. The largest absolute Gasteiger partial charge is 0.447 e. The predicted octanol–water partition coefficient (Wildman–Crippen LogP) is 1.65. The summed E-state index contributed by atoms with van der Waals surface area (Å²) in [5, 5.41) is 5.63. The highest BCUT2D eigenvalue weighted by Gasteiger charge is 2.11. The standard InChI is InChI=1S/C12H13N3O2/c1-13-7-11-15-10(8-17-11)12(16)14-9-5-3-2-4-6-9/h2-6,8,13H,7H2,1H3,(H,14,16). The van der Waals surface area contributed by atoms with Crippen molar-refractivity contribution in [3.63, 3.8) is 0 Å². The molecule has 0 saturated carbocycles. The third-order valence-corrected chi connectivity index (χ3v) is 2.14. The van der Waals surface area contributed by atoms with Crippen molar-refractivity contribution in [3.05, 3.63) is 48.2 Å². The summed E-state index contributed by atoms with van der Waals surface area (Å²) in [5.74, 6) is 0.216. The number of aromatic nitrogens is 1. The van der Waals surface area contributed by atoms with Gasteiger partial charge in [-0.05, 0) is 19.2 Å². The van der Waals surface area contributed by atoms with Crippen molar-refractivity contribution < 1.29 is 9.21 Å². The fourth-order valence-electron chi connectivity index (χ4n) is 1.36. The predicted molar refractivity (Wildman–Crippen MR) is 63.7 cm³/mol. The first-order valence-corrected chi connectivity index (χ1v) is 5.25. The third-order valence-electron chi connectivity index (χ3n) is 2.14. The van der Waals surface area contributed by atoms with Gasteiger partial charge in [-0.3, -0.25) is 4.79 Å². The summed E-state index contributed by atoms with van der Waals surface area (Å²) in [6.45, 7) is 0.499. The number of hydrogen-bond acceptors (Lipinski definition) is 4. The van der Waals surface area contributed by atoms with Crippen LogP contribution in [0.4, 0.5) is 5.69 Å². The molecule has 0 atom stereocenters. The van der Waals surface area contributed by atoms with Crippen LogP contribution in [0.5, 0.6) is 0 Å². The Kier molecular flexibility index (Phi) is 3.52. The third kappa shape index (κ3) is 2.92. The van der Waals surface area contributed by atoms with Crippen LogP contribution in [0.15, 0.2) is 41.0 Å². The molecule has 17 heavy (non-hydrogen) atoms. The minimum absolute atomic E-state index is 0.276. The Morgan fingerprint density at radius 2 is 2.12 bits per heavy atom. The number of anilines is 1. The Morgan fingerprint density at radius 3 is 2.82 bits per heavy atom. The summed E-state index contributed by atoms with van der Waals surface area (Å²) >= 11 is 0. The molecule has 0 aliphatic rings. The van der Waals surface area contributed by atoms with E-state index in [4.69, 9.17) is 4.42 Å². The molecule has 0 unspecified atom stereocenters. The van der Waals surface area contributed by atoms with E-state index in [1.165, 1.54) is 6.26 Å². The second kappa shape index (κ2) is 5.27. The topological polar surface area (TPSA) is 67.2 Å². The molecular formula is C12H13N3O2. The minimum Gasteiger partial charge on any atom is -0.447 e. The van der Waals surface area contributed by atoms with Gasteiger partial charge in [-0.1, -0.05) is 18.2 Å². The number of oxazole rings is 1. The molecule has 1 aromatic carbocycles. The molecule has 2 rings (SSSR count). The van der Waals surface area contributed by atoms with Crippen molar-refractivity contribution >= 4 is 11.6 Å². The normalized spacial score (nSPS) is 10.2. The highest BCUT2D eigenvalue weighted by Crippen LogP contribution is 2.08. The van der Waals surface area contributed by atoms with Crippen molar-refractivity contribution in [1.29, 1.82) is 0 Å². The maximum atomic E-state index is 11.8. The van der Waals surface area contributed by atoms with Gasteiger partial charge >= 0.3 is 0 Å². The molecule has 0 bridgehead atoms. The van der Waals surface area contributed by atoms with Gasteiger partial charge in [0.2, 0.25) is 5.89 Å². The van der Waals surface area contributed by atoms with Crippen LogP contribution >= 0.6 is 0 Å². The highest BCUT2D eigenvalue weighted by atomic mass is 16.3. The van der Waals surface area contributed by atoms with Crippen LogP contribution in [0.1, 0.15) is 16.4 Å². The molecule has 0 aliphatic carbocycles. The van der Waals surface area contributed by atoms with Gasteiger partial charge in [-0.15, -0.1) is 0 Å². The lowest BCUT2D eigenvalue weighted by Crippen LogP contribution is -2.13. The SMILES string of the molecule is CNCc1nc(C(=O)Nc2ccccc2)co1. The van der Waals surface area contributed by atoms with E-state index in [1.807, 2.05) is 30.3 Å². The molecule has 5 nitrogen and oxygen atoms in total. The number of para-hydroxylation sites is 1. The van der Waals surface area contributed by atoms with Crippen LogP contribution < -0.4 is 10.6 Å². The van der Waals surface area contributed by atoms with E-state index in [9.17, 15) is 4.79 Å². The number of carbonyl (C=O) groups is 1. The molecule has 1 amide bonds. The molecule has 2 N–H and O–H groups in total. The van der Waals surface area contributed by atoms with Crippen molar-refractivity contribution in [1.82, 2.24) is 10.3 Å². The molecule has 5 heteroatoms. The molecule has 88 valence electrons.